The third kappa shape index (κ3) is 1.80. The number of hydrogen-bond donors (Lipinski definition) is 0. The van der Waals surface area contributed by atoms with Crippen molar-refractivity contribution < 1.29 is 9.47 Å². The predicted molar refractivity (Wildman–Crippen MR) is 48.9 cm³/mol. The van der Waals surface area contributed by atoms with Crippen LogP contribution in [0.1, 0.15) is 33.6 Å². The van der Waals surface area contributed by atoms with Crippen LogP contribution in [0.25, 0.3) is 0 Å². The quantitative estimate of drug-likeness (QED) is 0.637. The van der Waals surface area contributed by atoms with E-state index < -0.39 is 0 Å². The summed E-state index contributed by atoms with van der Waals surface area (Å²) in [7, 11) is 1.75. The first kappa shape index (κ1) is 10.0. The number of methoxy groups -OCH3 is 1. The van der Waals surface area contributed by atoms with Gasteiger partial charge in [0.05, 0.1) is 6.61 Å². The molecule has 0 spiro atoms. The van der Waals surface area contributed by atoms with E-state index in [1.54, 1.807) is 7.11 Å². The third-order valence-corrected chi connectivity index (χ3v) is 2.82. The summed E-state index contributed by atoms with van der Waals surface area (Å²) in [6, 6.07) is 0. The molecular weight excluding hydrogens is 152 g/mol. The highest BCUT2D eigenvalue weighted by atomic mass is 16.7. The summed E-state index contributed by atoms with van der Waals surface area (Å²) >= 11 is 0. The summed E-state index contributed by atoms with van der Waals surface area (Å²) in [5, 5.41) is 0. The molecule has 0 aromatic rings. The zero-order chi connectivity index (χ0) is 9.19. The van der Waals surface area contributed by atoms with Gasteiger partial charge in [0.2, 0.25) is 0 Å². The summed E-state index contributed by atoms with van der Waals surface area (Å²) in [5.74, 6) is 0.828. The summed E-state index contributed by atoms with van der Waals surface area (Å²) in [4.78, 5) is 0. The Kier molecular flexibility index (Phi) is 3.13. The zero-order valence-corrected chi connectivity index (χ0v) is 8.59. The molecule has 1 heterocycles. The number of ether oxygens (including phenoxy) is 2. The first-order chi connectivity index (χ1) is 5.60. The van der Waals surface area contributed by atoms with Crippen molar-refractivity contribution in [3.05, 3.63) is 0 Å². The molecule has 0 saturated carbocycles. The number of hydrogen-bond acceptors (Lipinski definition) is 2. The molecule has 2 unspecified atom stereocenters. The zero-order valence-electron chi connectivity index (χ0n) is 8.59. The highest BCUT2D eigenvalue weighted by Crippen LogP contribution is 2.34. The fraction of sp³-hybridized carbons (Fsp3) is 1.00. The summed E-state index contributed by atoms with van der Waals surface area (Å²) in [6.07, 6.45) is 2.24. The Morgan fingerprint density at radius 3 is 2.50 bits per heavy atom. The predicted octanol–water partition coefficient (Wildman–Crippen LogP) is 2.43. The van der Waals surface area contributed by atoms with E-state index in [1.165, 1.54) is 6.42 Å². The van der Waals surface area contributed by atoms with Gasteiger partial charge in [-0.25, -0.2) is 0 Å². The maximum Gasteiger partial charge on any atom is 0.170 e. The van der Waals surface area contributed by atoms with Gasteiger partial charge in [0.1, 0.15) is 0 Å². The molecule has 1 fully saturated rings. The molecule has 1 aliphatic rings. The standard InChI is InChI=1S/C10H20O2/c1-8(2)10(11-4)6-5-9(3)7-12-10/h8-9H,5-7H2,1-4H3. The smallest absolute Gasteiger partial charge is 0.170 e. The molecule has 0 aliphatic carbocycles. The molecular formula is C10H20O2. The van der Waals surface area contributed by atoms with E-state index in [2.05, 4.69) is 20.8 Å². The van der Waals surface area contributed by atoms with Gasteiger partial charge in [-0.2, -0.15) is 0 Å². The van der Waals surface area contributed by atoms with Gasteiger partial charge < -0.3 is 9.47 Å². The molecule has 0 amide bonds. The largest absolute Gasteiger partial charge is 0.353 e. The van der Waals surface area contributed by atoms with Gasteiger partial charge in [-0.1, -0.05) is 20.8 Å². The minimum Gasteiger partial charge on any atom is -0.353 e. The molecule has 2 atom stereocenters. The van der Waals surface area contributed by atoms with Gasteiger partial charge in [0, 0.05) is 19.4 Å². The Morgan fingerprint density at radius 1 is 1.50 bits per heavy atom. The molecule has 0 N–H and O–H groups in total. The van der Waals surface area contributed by atoms with Crippen molar-refractivity contribution in [2.45, 2.75) is 39.4 Å². The molecule has 0 aromatic heterocycles. The maximum atomic E-state index is 5.77. The van der Waals surface area contributed by atoms with Crippen LogP contribution in [0.2, 0.25) is 0 Å². The van der Waals surface area contributed by atoms with Crippen molar-refractivity contribution in [2.24, 2.45) is 11.8 Å². The first-order valence-electron chi connectivity index (χ1n) is 4.80. The van der Waals surface area contributed by atoms with Gasteiger partial charge in [0.15, 0.2) is 5.79 Å². The van der Waals surface area contributed by atoms with E-state index in [1.807, 2.05) is 0 Å². The van der Waals surface area contributed by atoms with E-state index in [0.717, 1.165) is 13.0 Å². The van der Waals surface area contributed by atoms with Crippen molar-refractivity contribution in [2.75, 3.05) is 13.7 Å². The minimum atomic E-state index is -0.299. The Hall–Kier alpha value is -0.0800. The Labute approximate surface area is 75.2 Å². The molecule has 1 aliphatic heterocycles. The highest BCUT2D eigenvalue weighted by molar-refractivity contribution is 4.78. The lowest BCUT2D eigenvalue weighted by Gasteiger charge is -2.41. The normalized spacial score (nSPS) is 37.2. The van der Waals surface area contributed by atoms with E-state index in [4.69, 9.17) is 9.47 Å². The van der Waals surface area contributed by atoms with Crippen LogP contribution in [-0.2, 0) is 9.47 Å². The van der Waals surface area contributed by atoms with Crippen LogP contribution in [0.15, 0.2) is 0 Å². The molecule has 2 nitrogen and oxygen atoms in total. The van der Waals surface area contributed by atoms with Gasteiger partial charge in [-0.15, -0.1) is 0 Å². The number of rotatable bonds is 2. The second-order valence-corrected chi connectivity index (χ2v) is 4.13. The molecule has 12 heavy (non-hydrogen) atoms. The Morgan fingerprint density at radius 2 is 2.17 bits per heavy atom. The van der Waals surface area contributed by atoms with Gasteiger partial charge in [-0.3, -0.25) is 0 Å². The highest BCUT2D eigenvalue weighted by Gasteiger charge is 2.38. The summed E-state index contributed by atoms with van der Waals surface area (Å²) in [6.45, 7) is 7.37. The summed E-state index contributed by atoms with van der Waals surface area (Å²) < 4.78 is 11.2. The van der Waals surface area contributed by atoms with E-state index in [9.17, 15) is 0 Å². The maximum absolute atomic E-state index is 5.77. The minimum absolute atomic E-state index is 0.299. The molecule has 72 valence electrons. The van der Waals surface area contributed by atoms with E-state index in [-0.39, 0.29) is 5.79 Å². The monoisotopic (exact) mass is 172 g/mol. The topological polar surface area (TPSA) is 18.5 Å². The average Bonchev–Trinajstić information content (AvgIpc) is 2.06. The second kappa shape index (κ2) is 3.75. The lowest BCUT2D eigenvalue weighted by molar-refractivity contribution is -0.274. The van der Waals surface area contributed by atoms with Gasteiger partial charge in [0.25, 0.3) is 0 Å². The van der Waals surface area contributed by atoms with Crippen LogP contribution in [-0.4, -0.2) is 19.5 Å². The molecule has 1 saturated heterocycles. The van der Waals surface area contributed by atoms with Crippen molar-refractivity contribution in [3.63, 3.8) is 0 Å². The molecule has 0 radical (unpaired) electrons. The van der Waals surface area contributed by atoms with Crippen molar-refractivity contribution in [1.82, 2.24) is 0 Å². The first-order valence-corrected chi connectivity index (χ1v) is 4.80. The molecule has 2 heteroatoms. The second-order valence-electron chi connectivity index (χ2n) is 4.13. The average molecular weight is 172 g/mol. The van der Waals surface area contributed by atoms with Crippen LogP contribution in [0, 0.1) is 11.8 Å². The molecule has 1 rings (SSSR count). The van der Waals surface area contributed by atoms with Crippen LogP contribution in [0.4, 0.5) is 0 Å². The fourth-order valence-corrected chi connectivity index (χ4v) is 1.74. The van der Waals surface area contributed by atoms with Gasteiger partial charge >= 0.3 is 0 Å². The van der Waals surface area contributed by atoms with E-state index in [0.29, 0.717) is 11.8 Å². The van der Waals surface area contributed by atoms with Crippen LogP contribution in [0.5, 0.6) is 0 Å². The van der Waals surface area contributed by atoms with Crippen LogP contribution >= 0.6 is 0 Å². The van der Waals surface area contributed by atoms with Crippen molar-refractivity contribution in [3.8, 4) is 0 Å². The van der Waals surface area contributed by atoms with Crippen LogP contribution < -0.4 is 0 Å². The van der Waals surface area contributed by atoms with Crippen LogP contribution in [0.3, 0.4) is 0 Å². The third-order valence-electron chi connectivity index (χ3n) is 2.82. The van der Waals surface area contributed by atoms with Crippen molar-refractivity contribution >= 4 is 0 Å². The SMILES string of the molecule is COC1(C(C)C)CCC(C)CO1. The van der Waals surface area contributed by atoms with Crippen molar-refractivity contribution in [1.29, 1.82) is 0 Å². The lowest BCUT2D eigenvalue weighted by atomic mass is 9.90. The molecule has 0 aromatic carbocycles. The summed E-state index contributed by atoms with van der Waals surface area (Å²) in [5.41, 5.74) is 0. The fourth-order valence-electron chi connectivity index (χ4n) is 1.74. The Bertz CT molecular complexity index is 135. The van der Waals surface area contributed by atoms with Gasteiger partial charge in [-0.05, 0) is 12.3 Å². The molecule has 0 bridgehead atoms. The lowest BCUT2D eigenvalue weighted by Crippen LogP contribution is -2.45. The van der Waals surface area contributed by atoms with E-state index >= 15 is 0 Å². The Balaban J connectivity index is 2.57.